The molecule has 1 fully saturated rings. The molecule has 1 aliphatic carbocycles. The average molecular weight is 229 g/mol. The van der Waals surface area contributed by atoms with Crippen LogP contribution < -0.4 is 0 Å². The largest absolute Gasteiger partial charge is 0.389 e. The van der Waals surface area contributed by atoms with Crippen LogP contribution in [-0.2, 0) is 13.5 Å². The molecule has 0 unspecified atom stereocenters. The van der Waals surface area contributed by atoms with Crippen LogP contribution in [0.4, 0.5) is 0 Å². The lowest BCUT2D eigenvalue weighted by Crippen LogP contribution is -2.28. The molecule has 0 spiro atoms. The predicted molar refractivity (Wildman–Crippen MR) is 60.1 cm³/mol. The molecular weight excluding hydrogens is 212 g/mol. The first-order chi connectivity index (χ1) is 7.02. The summed E-state index contributed by atoms with van der Waals surface area (Å²) in [5.41, 5.74) is 1.25. The lowest BCUT2D eigenvalue weighted by atomic mass is 9.96. The van der Waals surface area contributed by atoms with Crippen molar-refractivity contribution in [1.82, 2.24) is 9.78 Å². The van der Waals surface area contributed by atoms with Gasteiger partial charge in [-0.25, -0.2) is 0 Å². The molecule has 1 heterocycles. The first-order valence-electron chi connectivity index (χ1n) is 5.42. The summed E-state index contributed by atoms with van der Waals surface area (Å²) in [6.07, 6.45) is 4.63. The third-order valence-electron chi connectivity index (χ3n) is 3.29. The van der Waals surface area contributed by atoms with Crippen LogP contribution in [0, 0.1) is 6.92 Å². The van der Waals surface area contributed by atoms with Gasteiger partial charge in [-0.05, 0) is 19.8 Å². The zero-order chi connectivity index (χ0) is 11.1. The van der Waals surface area contributed by atoms with Gasteiger partial charge in [-0.3, -0.25) is 4.68 Å². The summed E-state index contributed by atoms with van der Waals surface area (Å²) in [6.45, 7) is 1.89. The van der Waals surface area contributed by atoms with Crippen molar-refractivity contribution < 1.29 is 5.11 Å². The fraction of sp³-hybridized carbons (Fsp3) is 0.727. The van der Waals surface area contributed by atoms with Crippen molar-refractivity contribution in [3.63, 3.8) is 0 Å². The maximum absolute atomic E-state index is 10.3. The molecule has 2 rings (SSSR count). The molecule has 15 heavy (non-hydrogen) atoms. The fourth-order valence-corrected chi connectivity index (χ4v) is 2.62. The topological polar surface area (TPSA) is 38.0 Å². The van der Waals surface area contributed by atoms with Gasteiger partial charge in [0.2, 0.25) is 0 Å². The number of aliphatic hydroxyl groups is 1. The Morgan fingerprint density at radius 1 is 1.47 bits per heavy atom. The molecular formula is C11H17ClN2O. The van der Waals surface area contributed by atoms with E-state index in [1.165, 1.54) is 0 Å². The van der Waals surface area contributed by atoms with Crippen LogP contribution in [0.3, 0.4) is 0 Å². The van der Waals surface area contributed by atoms with Crippen molar-refractivity contribution in [2.75, 3.05) is 0 Å². The van der Waals surface area contributed by atoms with Gasteiger partial charge < -0.3 is 5.11 Å². The molecule has 4 heteroatoms. The fourth-order valence-electron chi connectivity index (χ4n) is 2.39. The SMILES string of the molecule is Cc1nn(C)c(CC2(O)CCCC2)c1Cl. The first kappa shape index (κ1) is 11.0. The van der Waals surface area contributed by atoms with Crippen LogP contribution in [0.25, 0.3) is 0 Å². The van der Waals surface area contributed by atoms with Gasteiger partial charge in [-0.1, -0.05) is 24.4 Å². The summed E-state index contributed by atoms with van der Waals surface area (Å²) in [6, 6.07) is 0. The molecule has 1 saturated carbocycles. The van der Waals surface area contributed by atoms with Gasteiger partial charge in [-0.15, -0.1) is 0 Å². The second kappa shape index (κ2) is 3.80. The van der Waals surface area contributed by atoms with Crippen LogP contribution >= 0.6 is 11.6 Å². The van der Waals surface area contributed by atoms with E-state index in [0.717, 1.165) is 37.1 Å². The summed E-state index contributed by atoms with van der Waals surface area (Å²) in [5, 5.41) is 15.3. The van der Waals surface area contributed by atoms with Crippen LogP contribution in [0.15, 0.2) is 0 Å². The molecule has 84 valence electrons. The summed E-state index contributed by atoms with van der Waals surface area (Å²) < 4.78 is 1.79. The molecule has 0 radical (unpaired) electrons. The van der Waals surface area contributed by atoms with Crippen molar-refractivity contribution in [2.45, 2.75) is 44.6 Å². The zero-order valence-electron chi connectivity index (χ0n) is 9.26. The molecule has 0 aliphatic heterocycles. The Labute approximate surface area is 95.0 Å². The van der Waals surface area contributed by atoms with Gasteiger partial charge in [0, 0.05) is 13.5 Å². The van der Waals surface area contributed by atoms with E-state index >= 15 is 0 Å². The summed E-state index contributed by atoms with van der Waals surface area (Å²) in [7, 11) is 1.88. The van der Waals surface area contributed by atoms with Gasteiger partial charge in [-0.2, -0.15) is 5.10 Å². The number of hydrogen-bond acceptors (Lipinski definition) is 2. The van der Waals surface area contributed by atoms with E-state index < -0.39 is 5.60 Å². The molecule has 3 nitrogen and oxygen atoms in total. The van der Waals surface area contributed by atoms with Gasteiger partial charge in [0.25, 0.3) is 0 Å². The van der Waals surface area contributed by atoms with Crippen LogP contribution in [0.2, 0.25) is 5.02 Å². The smallest absolute Gasteiger partial charge is 0.0848 e. The van der Waals surface area contributed by atoms with E-state index in [1.54, 1.807) is 4.68 Å². The standard InChI is InChI=1S/C11H17ClN2O/c1-8-10(12)9(14(2)13-8)7-11(15)5-3-4-6-11/h15H,3-7H2,1-2H3. The van der Waals surface area contributed by atoms with Gasteiger partial charge in [0.1, 0.15) is 0 Å². The molecule has 1 N–H and O–H groups in total. The Morgan fingerprint density at radius 3 is 2.53 bits per heavy atom. The third kappa shape index (κ3) is 2.04. The molecule has 1 aromatic rings. The van der Waals surface area contributed by atoms with Crippen molar-refractivity contribution in [3.8, 4) is 0 Å². The van der Waals surface area contributed by atoms with Crippen LogP contribution in [0.1, 0.15) is 37.1 Å². The minimum atomic E-state index is -0.552. The monoisotopic (exact) mass is 228 g/mol. The number of halogens is 1. The predicted octanol–water partition coefficient (Wildman–Crippen LogP) is 2.23. The van der Waals surface area contributed by atoms with E-state index in [0.29, 0.717) is 11.4 Å². The molecule has 0 atom stereocenters. The van der Waals surface area contributed by atoms with Crippen molar-refractivity contribution in [3.05, 3.63) is 16.4 Å². The third-order valence-corrected chi connectivity index (χ3v) is 3.78. The molecule has 0 saturated heterocycles. The van der Waals surface area contributed by atoms with E-state index in [1.807, 2.05) is 14.0 Å². The maximum atomic E-state index is 10.3. The second-order valence-corrected chi connectivity index (χ2v) is 4.96. The highest BCUT2D eigenvalue weighted by molar-refractivity contribution is 6.31. The quantitative estimate of drug-likeness (QED) is 0.843. The highest BCUT2D eigenvalue weighted by Gasteiger charge is 2.33. The Morgan fingerprint density at radius 2 is 2.07 bits per heavy atom. The minimum absolute atomic E-state index is 0.552. The highest BCUT2D eigenvalue weighted by Crippen LogP contribution is 2.34. The van der Waals surface area contributed by atoms with Crippen LogP contribution in [-0.4, -0.2) is 20.5 Å². The van der Waals surface area contributed by atoms with Crippen molar-refractivity contribution in [1.29, 1.82) is 0 Å². The number of hydrogen-bond donors (Lipinski definition) is 1. The van der Waals surface area contributed by atoms with Crippen molar-refractivity contribution >= 4 is 11.6 Å². The van der Waals surface area contributed by atoms with E-state index in [9.17, 15) is 5.11 Å². The van der Waals surface area contributed by atoms with E-state index in [-0.39, 0.29) is 0 Å². The molecule has 0 aromatic carbocycles. The number of rotatable bonds is 2. The summed E-state index contributed by atoms with van der Waals surface area (Å²) >= 11 is 6.16. The first-order valence-corrected chi connectivity index (χ1v) is 5.80. The molecule has 0 bridgehead atoms. The Hall–Kier alpha value is -0.540. The average Bonchev–Trinajstić information content (AvgIpc) is 2.68. The Bertz CT molecular complexity index is 367. The van der Waals surface area contributed by atoms with Gasteiger partial charge in [0.15, 0.2) is 0 Å². The van der Waals surface area contributed by atoms with E-state index in [2.05, 4.69) is 5.10 Å². The van der Waals surface area contributed by atoms with Crippen LogP contribution in [0.5, 0.6) is 0 Å². The summed E-state index contributed by atoms with van der Waals surface area (Å²) in [4.78, 5) is 0. The highest BCUT2D eigenvalue weighted by atomic mass is 35.5. The molecule has 0 amide bonds. The summed E-state index contributed by atoms with van der Waals surface area (Å²) in [5.74, 6) is 0. The number of aryl methyl sites for hydroxylation is 2. The Balaban J connectivity index is 2.23. The normalized spacial score (nSPS) is 19.7. The maximum Gasteiger partial charge on any atom is 0.0848 e. The number of aromatic nitrogens is 2. The van der Waals surface area contributed by atoms with Gasteiger partial charge >= 0.3 is 0 Å². The van der Waals surface area contributed by atoms with Gasteiger partial charge in [0.05, 0.1) is 22.0 Å². The molecule has 1 aliphatic rings. The minimum Gasteiger partial charge on any atom is -0.389 e. The lowest BCUT2D eigenvalue weighted by molar-refractivity contribution is 0.0463. The second-order valence-electron chi connectivity index (χ2n) is 4.58. The van der Waals surface area contributed by atoms with E-state index in [4.69, 9.17) is 11.6 Å². The Kier molecular flexibility index (Phi) is 2.77. The van der Waals surface area contributed by atoms with Crippen molar-refractivity contribution in [2.24, 2.45) is 7.05 Å². The number of nitrogens with zero attached hydrogens (tertiary/aromatic N) is 2. The molecule has 1 aromatic heterocycles. The lowest BCUT2D eigenvalue weighted by Gasteiger charge is -2.22. The zero-order valence-corrected chi connectivity index (χ0v) is 10.0.